The van der Waals surface area contributed by atoms with Crippen LogP contribution in [0.1, 0.15) is 111 Å². The second-order valence-corrected chi connectivity index (χ2v) is 13.9. The molecule has 0 unspecified atom stereocenters. The predicted molar refractivity (Wildman–Crippen MR) is 172 cm³/mol. The summed E-state index contributed by atoms with van der Waals surface area (Å²) < 4.78 is 6.38. The number of phenolic OH excluding ortho intramolecular Hbond substituents is 2. The number of benzene rings is 1. The van der Waals surface area contributed by atoms with Crippen LogP contribution in [0.4, 0.5) is 0 Å². The maximum atomic E-state index is 15.2. The van der Waals surface area contributed by atoms with E-state index in [4.69, 9.17) is 4.42 Å². The number of fused-ring (bicyclic) bond motifs is 5. The number of phenols is 2. The predicted octanol–water partition coefficient (Wildman–Crippen LogP) is 8.65. The number of aromatic hydroxyl groups is 2. The van der Waals surface area contributed by atoms with Crippen LogP contribution in [-0.2, 0) is 10.2 Å². The van der Waals surface area contributed by atoms with E-state index in [2.05, 4.69) is 26.0 Å². The third-order valence-corrected chi connectivity index (χ3v) is 9.81. The van der Waals surface area contributed by atoms with Gasteiger partial charge < -0.3 is 14.6 Å². The Morgan fingerprint density at radius 2 is 1.44 bits per heavy atom. The Kier molecular flexibility index (Phi) is 8.58. The van der Waals surface area contributed by atoms with E-state index in [1.54, 1.807) is 0 Å². The first-order valence-electron chi connectivity index (χ1n) is 15.2. The zero-order valence-electron chi connectivity index (χ0n) is 27.1. The van der Waals surface area contributed by atoms with E-state index in [1.165, 1.54) is 11.6 Å². The van der Waals surface area contributed by atoms with E-state index >= 15 is 4.79 Å². The molecule has 6 nitrogen and oxygen atoms in total. The first-order valence-corrected chi connectivity index (χ1v) is 15.2. The van der Waals surface area contributed by atoms with Gasteiger partial charge in [0.25, 0.3) is 0 Å². The molecule has 0 saturated heterocycles. The molecule has 2 N–H and O–H groups in total. The molecule has 0 radical (unpaired) electrons. The molecule has 1 heterocycles. The smallest absolute Gasteiger partial charge is 0.204 e. The van der Waals surface area contributed by atoms with Crippen molar-refractivity contribution in [3.63, 3.8) is 0 Å². The van der Waals surface area contributed by atoms with E-state index in [1.807, 2.05) is 60.6 Å². The van der Waals surface area contributed by atoms with Crippen LogP contribution in [-0.4, -0.2) is 21.8 Å². The van der Waals surface area contributed by atoms with Gasteiger partial charge in [-0.3, -0.25) is 14.4 Å². The number of hydrogen-bond donors (Lipinski definition) is 2. The Hall–Kier alpha value is -3.67. The molecule has 1 aromatic heterocycles. The minimum absolute atomic E-state index is 0.00392. The standard InChI is InChI=1S/C37H46O6/c1-21(2)11-10-12-24(7)16-17-36-29(14-13-22(3)4)35(8,9)37(34(36)42,18-15-23(5)6)33-30(32(36)41)31(40)25-19-26(38)27(39)20-28(25)43-33/h11,13,15-16,19-20,29,38-39H,10,12,14,17-18H2,1-9H3/b24-16+/t29-,36-,37+/m0/s1. The zero-order valence-corrected chi connectivity index (χ0v) is 27.1. The Bertz CT molecular complexity index is 1660. The Morgan fingerprint density at radius 1 is 0.837 bits per heavy atom. The lowest BCUT2D eigenvalue weighted by atomic mass is 9.59. The van der Waals surface area contributed by atoms with Gasteiger partial charge >= 0.3 is 0 Å². The van der Waals surface area contributed by atoms with Gasteiger partial charge in [-0.25, -0.2) is 0 Å². The number of hydrogen-bond acceptors (Lipinski definition) is 6. The fourth-order valence-corrected chi connectivity index (χ4v) is 7.36. The topological polar surface area (TPSA) is 105 Å². The lowest BCUT2D eigenvalue weighted by molar-refractivity contribution is -0.131. The normalized spacial score (nSPS) is 24.1. The molecule has 3 atom stereocenters. The summed E-state index contributed by atoms with van der Waals surface area (Å²) in [5.74, 6) is -1.97. The van der Waals surface area contributed by atoms with Crippen molar-refractivity contribution in [3.05, 3.63) is 80.3 Å². The Labute approximate surface area is 254 Å². The number of ketones is 2. The monoisotopic (exact) mass is 586 g/mol. The fourth-order valence-electron chi connectivity index (χ4n) is 7.36. The van der Waals surface area contributed by atoms with Crippen LogP contribution >= 0.6 is 0 Å². The summed E-state index contributed by atoms with van der Waals surface area (Å²) in [7, 11) is 0. The molecule has 2 aromatic rings. The van der Waals surface area contributed by atoms with Crippen LogP contribution in [0.5, 0.6) is 11.5 Å². The number of allylic oxidation sites excluding steroid dienone is 8. The number of rotatable bonds is 9. The molecule has 43 heavy (non-hydrogen) atoms. The number of carbonyl (C=O) groups excluding carboxylic acids is 2. The summed E-state index contributed by atoms with van der Waals surface area (Å²) in [5, 5.41) is 20.5. The molecular weight excluding hydrogens is 540 g/mol. The first-order chi connectivity index (χ1) is 20.0. The first kappa shape index (κ1) is 32.2. The van der Waals surface area contributed by atoms with E-state index in [0.717, 1.165) is 35.6 Å². The van der Waals surface area contributed by atoms with Crippen molar-refractivity contribution in [2.75, 3.05) is 0 Å². The van der Waals surface area contributed by atoms with Crippen molar-refractivity contribution in [1.82, 2.24) is 0 Å². The number of Topliss-reactive ketones (excluding diaryl/α,β-unsaturated/α-hetero) is 2. The van der Waals surface area contributed by atoms with E-state index in [-0.39, 0.29) is 40.9 Å². The molecule has 4 rings (SSSR count). The molecule has 0 amide bonds. The van der Waals surface area contributed by atoms with Crippen molar-refractivity contribution >= 4 is 22.5 Å². The SMILES string of the molecule is CC(C)=CCC/C(C)=C/C[C@]12C(=O)c3c(oc4cc(O)c(O)cc4c3=O)[C@](CC=C(C)C)(C1=O)C(C)(C)[C@@H]2CC=C(C)C. The largest absolute Gasteiger partial charge is 0.504 e. The zero-order chi connectivity index (χ0) is 32.1. The quantitative estimate of drug-likeness (QED) is 0.173. The average molecular weight is 587 g/mol. The molecule has 1 fully saturated rings. The summed E-state index contributed by atoms with van der Waals surface area (Å²) in [6.07, 6.45) is 10.9. The van der Waals surface area contributed by atoms with Crippen LogP contribution in [0, 0.1) is 16.7 Å². The fraction of sp³-hybridized carbons (Fsp3) is 0.486. The Balaban J connectivity index is 2.10. The molecule has 2 aliphatic carbocycles. The van der Waals surface area contributed by atoms with Gasteiger partial charge in [0.05, 0.1) is 10.8 Å². The van der Waals surface area contributed by atoms with Crippen molar-refractivity contribution in [2.45, 2.75) is 99.8 Å². The van der Waals surface area contributed by atoms with Crippen molar-refractivity contribution in [3.8, 4) is 11.5 Å². The molecule has 2 bridgehead atoms. The molecule has 230 valence electrons. The molecule has 6 heteroatoms. The second-order valence-electron chi connectivity index (χ2n) is 13.9. The van der Waals surface area contributed by atoms with Gasteiger partial charge in [-0.2, -0.15) is 0 Å². The lowest BCUT2D eigenvalue weighted by Gasteiger charge is -2.41. The van der Waals surface area contributed by atoms with Crippen molar-refractivity contribution in [2.24, 2.45) is 16.7 Å². The van der Waals surface area contributed by atoms with Crippen molar-refractivity contribution < 1.29 is 24.2 Å². The minimum atomic E-state index is -1.46. The summed E-state index contributed by atoms with van der Waals surface area (Å²) in [5.41, 5.74) is 0.220. The molecule has 1 saturated carbocycles. The van der Waals surface area contributed by atoms with Gasteiger partial charge in [0.15, 0.2) is 23.1 Å². The molecule has 1 aromatic carbocycles. The van der Waals surface area contributed by atoms with Crippen LogP contribution in [0.15, 0.2) is 67.9 Å². The summed E-state index contributed by atoms with van der Waals surface area (Å²) in [6.45, 7) is 18.1. The number of carbonyl (C=O) groups is 2. The maximum Gasteiger partial charge on any atom is 0.204 e. The van der Waals surface area contributed by atoms with Crippen LogP contribution in [0.3, 0.4) is 0 Å². The van der Waals surface area contributed by atoms with Crippen molar-refractivity contribution in [1.29, 1.82) is 0 Å². The molecule has 2 aliphatic rings. The van der Waals surface area contributed by atoms with Crippen LogP contribution in [0.25, 0.3) is 11.0 Å². The highest BCUT2D eigenvalue weighted by atomic mass is 16.3. The summed E-state index contributed by atoms with van der Waals surface area (Å²) in [6, 6.07) is 2.32. The highest BCUT2D eigenvalue weighted by molar-refractivity contribution is 6.24. The average Bonchev–Trinajstić information content (AvgIpc) is 3.01. The van der Waals surface area contributed by atoms with Crippen LogP contribution < -0.4 is 5.43 Å². The second kappa shape index (κ2) is 11.4. The van der Waals surface area contributed by atoms with Gasteiger partial charge in [-0.1, -0.05) is 60.4 Å². The van der Waals surface area contributed by atoms with E-state index in [0.29, 0.717) is 6.42 Å². The Morgan fingerprint density at radius 3 is 2.05 bits per heavy atom. The third kappa shape index (κ3) is 5.03. The van der Waals surface area contributed by atoms with E-state index in [9.17, 15) is 19.8 Å². The molecule has 0 spiro atoms. The highest BCUT2D eigenvalue weighted by Gasteiger charge is 2.77. The van der Waals surface area contributed by atoms with Gasteiger partial charge in [0.2, 0.25) is 5.43 Å². The molecular formula is C37H46O6. The minimum Gasteiger partial charge on any atom is -0.504 e. The van der Waals surface area contributed by atoms with Gasteiger partial charge in [0, 0.05) is 6.07 Å². The summed E-state index contributed by atoms with van der Waals surface area (Å²) in [4.78, 5) is 44.3. The van der Waals surface area contributed by atoms with Crippen LogP contribution in [0.2, 0.25) is 0 Å². The highest BCUT2D eigenvalue weighted by Crippen LogP contribution is 2.70. The maximum absolute atomic E-state index is 15.2. The lowest BCUT2D eigenvalue weighted by Crippen LogP contribution is -2.53. The molecule has 0 aliphatic heterocycles. The summed E-state index contributed by atoms with van der Waals surface area (Å²) >= 11 is 0. The van der Waals surface area contributed by atoms with Gasteiger partial charge in [0.1, 0.15) is 22.3 Å². The van der Waals surface area contributed by atoms with E-state index < -0.39 is 44.9 Å². The third-order valence-electron chi connectivity index (χ3n) is 9.81. The van der Waals surface area contributed by atoms with Gasteiger partial charge in [-0.05, 0) is 98.0 Å². The van der Waals surface area contributed by atoms with Gasteiger partial charge in [-0.15, -0.1) is 0 Å².